The fraction of sp³-hybridized carbons (Fsp3) is 0.143. The lowest BCUT2D eigenvalue weighted by molar-refractivity contribution is -0.114. The SMILES string of the molecule is COc1ccc(NC(=O)CSC2=C(C#N)[C@H](c3ccco3)C(C(=O)Nc3nc4ccccc4s3)=C(C)N2)cc1. The van der Waals surface area contributed by atoms with Crippen molar-refractivity contribution in [1.82, 2.24) is 10.3 Å². The fourth-order valence-corrected chi connectivity index (χ4v) is 5.92. The van der Waals surface area contributed by atoms with E-state index in [1.54, 1.807) is 50.4 Å². The molecule has 11 heteroatoms. The van der Waals surface area contributed by atoms with Crippen molar-refractivity contribution in [2.24, 2.45) is 0 Å². The first-order chi connectivity index (χ1) is 19.0. The predicted molar refractivity (Wildman–Crippen MR) is 152 cm³/mol. The second kappa shape index (κ2) is 11.5. The Kier molecular flexibility index (Phi) is 7.67. The predicted octanol–water partition coefficient (Wildman–Crippen LogP) is 5.60. The van der Waals surface area contributed by atoms with Crippen LogP contribution in [-0.4, -0.2) is 29.7 Å². The standard InChI is InChI=1S/C28H23N5O4S2/c1-16-24(26(35)33-28-32-20-6-3-4-8-22(20)39-28)25(21-7-5-13-37-21)19(14-29)27(30-16)38-15-23(34)31-17-9-11-18(36-2)12-10-17/h3-13,25,30H,15H2,1-2H3,(H,31,34)(H,32,33,35)/t25-/m1/s1. The van der Waals surface area contributed by atoms with Crippen LogP contribution in [0.15, 0.2) is 93.2 Å². The number of thiazole rings is 1. The first kappa shape index (κ1) is 26.1. The van der Waals surface area contributed by atoms with Gasteiger partial charge in [0.05, 0.1) is 57.5 Å². The molecule has 0 saturated carbocycles. The largest absolute Gasteiger partial charge is 0.497 e. The molecule has 0 saturated heterocycles. The lowest BCUT2D eigenvalue weighted by Gasteiger charge is -2.28. The van der Waals surface area contributed by atoms with Gasteiger partial charge in [-0.2, -0.15) is 5.26 Å². The molecule has 4 aromatic rings. The number of fused-ring (bicyclic) bond motifs is 1. The van der Waals surface area contributed by atoms with Gasteiger partial charge in [-0.05, 0) is 55.5 Å². The van der Waals surface area contributed by atoms with Crippen LogP contribution in [0.1, 0.15) is 18.6 Å². The summed E-state index contributed by atoms with van der Waals surface area (Å²) in [7, 11) is 1.57. The number of hydrogen-bond donors (Lipinski definition) is 3. The number of benzene rings is 2. The number of amides is 2. The Morgan fingerprint density at radius 2 is 1.95 bits per heavy atom. The molecule has 1 aliphatic rings. The summed E-state index contributed by atoms with van der Waals surface area (Å²) < 4.78 is 11.8. The summed E-state index contributed by atoms with van der Waals surface area (Å²) in [5.41, 5.74) is 2.59. The Balaban J connectivity index is 1.37. The highest BCUT2D eigenvalue weighted by atomic mass is 32.2. The Morgan fingerprint density at radius 3 is 2.64 bits per heavy atom. The van der Waals surface area contributed by atoms with Crippen LogP contribution in [0.25, 0.3) is 10.2 Å². The molecule has 2 aromatic heterocycles. The number of carbonyl (C=O) groups excluding carboxylic acids is 2. The molecule has 3 N–H and O–H groups in total. The van der Waals surface area contributed by atoms with E-state index in [1.165, 1.54) is 29.4 Å². The summed E-state index contributed by atoms with van der Waals surface area (Å²) in [5.74, 6) is -0.214. The summed E-state index contributed by atoms with van der Waals surface area (Å²) in [4.78, 5) is 30.7. The minimum absolute atomic E-state index is 0.0466. The monoisotopic (exact) mass is 557 g/mol. The summed E-state index contributed by atoms with van der Waals surface area (Å²) >= 11 is 2.55. The number of ether oxygens (including phenoxy) is 1. The van der Waals surface area contributed by atoms with Gasteiger partial charge in [-0.1, -0.05) is 35.2 Å². The van der Waals surface area contributed by atoms with E-state index in [1.807, 2.05) is 24.3 Å². The van der Waals surface area contributed by atoms with Gasteiger partial charge >= 0.3 is 0 Å². The van der Waals surface area contributed by atoms with Crippen molar-refractivity contribution in [3.63, 3.8) is 0 Å². The van der Waals surface area contributed by atoms with Gasteiger partial charge in [-0.25, -0.2) is 4.98 Å². The molecule has 196 valence electrons. The van der Waals surface area contributed by atoms with Gasteiger partial charge in [0.1, 0.15) is 11.5 Å². The number of rotatable bonds is 8. The van der Waals surface area contributed by atoms with E-state index in [0.717, 1.165) is 10.2 Å². The van der Waals surface area contributed by atoms with E-state index in [-0.39, 0.29) is 17.2 Å². The Labute approximate surface area is 232 Å². The molecule has 2 aromatic carbocycles. The van der Waals surface area contributed by atoms with Gasteiger partial charge in [0, 0.05) is 11.4 Å². The van der Waals surface area contributed by atoms with E-state index in [9.17, 15) is 14.9 Å². The van der Waals surface area contributed by atoms with Crippen LogP contribution in [0.5, 0.6) is 5.75 Å². The number of aromatic nitrogens is 1. The number of furan rings is 1. The van der Waals surface area contributed by atoms with Crippen molar-refractivity contribution in [1.29, 1.82) is 5.26 Å². The minimum Gasteiger partial charge on any atom is -0.497 e. The highest BCUT2D eigenvalue weighted by Crippen LogP contribution is 2.41. The Hall–Kier alpha value is -4.53. The van der Waals surface area contributed by atoms with Gasteiger partial charge in [-0.15, -0.1) is 0 Å². The number of nitrogens with zero attached hydrogens (tertiary/aromatic N) is 2. The number of nitriles is 1. The van der Waals surface area contributed by atoms with E-state index in [4.69, 9.17) is 9.15 Å². The molecule has 0 spiro atoms. The first-order valence-electron chi connectivity index (χ1n) is 11.9. The second-order valence-corrected chi connectivity index (χ2v) is 10.5. The molecule has 1 atom stereocenters. The zero-order valence-corrected chi connectivity index (χ0v) is 22.6. The van der Waals surface area contributed by atoms with Crippen molar-refractivity contribution in [3.8, 4) is 11.8 Å². The first-order valence-corrected chi connectivity index (χ1v) is 13.7. The van der Waals surface area contributed by atoms with E-state index >= 15 is 0 Å². The van der Waals surface area contributed by atoms with E-state index < -0.39 is 11.8 Å². The highest BCUT2D eigenvalue weighted by molar-refractivity contribution is 8.03. The quantitative estimate of drug-likeness (QED) is 0.255. The van der Waals surface area contributed by atoms with Gasteiger partial charge in [0.15, 0.2) is 5.13 Å². The molecule has 0 aliphatic carbocycles. The third-order valence-electron chi connectivity index (χ3n) is 5.96. The number of allylic oxidation sites excluding steroid dienone is 2. The van der Waals surface area contributed by atoms with Crippen molar-refractivity contribution in [2.75, 3.05) is 23.5 Å². The normalized spacial score (nSPS) is 15.1. The topological polar surface area (TPSA) is 129 Å². The smallest absolute Gasteiger partial charge is 0.256 e. The maximum atomic E-state index is 13.5. The average Bonchev–Trinajstić information content (AvgIpc) is 3.61. The van der Waals surface area contributed by atoms with Crippen LogP contribution in [0.2, 0.25) is 0 Å². The number of nitrogens with one attached hydrogen (secondary N) is 3. The lowest BCUT2D eigenvalue weighted by Crippen LogP contribution is -2.31. The van der Waals surface area contributed by atoms with Crippen molar-refractivity contribution < 1.29 is 18.7 Å². The number of hydrogen-bond acceptors (Lipinski definition) is 9. The maximum Gasteiger partial charge on any atom is 0.256 e. The molecule has 0 unspecified atom stereocenters. The number of anilines is 2. The highest BCUT2D eigenvalue weighted by Gasteiger charge is 2.36. The van der Waals surface area contributed by atoms with Crippen LogP contribution >= 0.6 is 23.1 Å². The summed E-state index contributed by atoms with van der Waals surface area (Å²) in [6.45, 7) is 1.76. The third kappa shape index (κ3) is 5.67. The van der Waals surface area contributed by atoms with Gasteiger partial charge in [0.25, 0.3) is 5.91 Å². The van der Waals surface area contributed by atoms with Gasteiger partial charge < -0.3 is 19.8 Å². The third-order valence-corrected chi connectivity index (χ3v) is 7.92. The van der Waals surface area contributed by atoms with Crippen LogP contribution in [0.3, 0.4) is 0 Å². The molecular formula is C28H23N5O4S2. The molecule has 0 fully saturated rings. The van der Waals surface area contributed by atoms with Crippen molar-refractivity contribution >= 4 is 55.9 Å². The number of para-hydroxylation sites is 1. The molecule has 39 heavy (non-hydrogen) atoms. The summed E-state index contributed by atoms with van der Waals surface area (Å²) in [6.07, 6.45) is 1.50. The molecular weight excluding hydrogens is 534 g/mol. The number of dihydropyridines is 1. The zero-order chi connectivity index (χ0) is 27.4. The van der Waals surface area contributed by atoms with E-state index in [0.29, 0.717) is 38.6 Å². The van der Waals surface area contributed by atoms with Crippen molar-refractivity contribution in [3.05, 3.63) is 94.6 Å². The van der Waals surface area contributed by atoms with Gasteiger partial charge in [-0.3, -0.25) is 14.9 Å². The molecule has 2 amide bonds. The number of methoxy groups -OCH3 is 1. The average molecular weight is 558 g/mol. The van der Waals surface area contributed by atoms with Crippen molar-refractivity contribution in [2.45, 2.75) is 12.8 Å². The molecule has 9 nitrogen and oxygen atoms in total. The maximum absolute atomic E-state index is 13.5. The Bertz CT molecular complexity index is 1600. The van der Waals surface area contributed by atoms with Crippen LogP contribution in [0, 0.1) is 11.3 Å². The minimum atomic E-state index is -0.757. The lowest BCUT2D eigenvalue weighted by atomic mass is 9.85. The molecule has 5 rings (SSSR count). The molecule has 0 radical (unpaired) electrons. The fourth-order valence-electron chi connectivity index (χ4n) is 4.17. The zero-order valence-electron chi connectivity index (χ0n) is 21.0. The molecule has 0 bridgehead atoms. The second-order valence-electron chi connectivity index (χ2n) is 8.47. The van der Waals surface area contributed by atoms with Crippen LogP contribution < -0.4 is 20.7 Å². The summed E-state index contributed by atoms with van der Waals surface area (Å²) in [5, 5.41) is 20.0. The molecule has 3 heterocycles. The van der Waals surface area contributed by atoms with E-state index in [2.05, 4.69) is 27.0 Å². The molecule has 1 aliphatic heterocycles. The van der Waals surface area contributed by atoms with Gasteiger partial charge in [0.2, 0.25) is 5.91 Å². The summed E-state index contributed by atoms with van der Waals surface area (Å²) in [6, 6.07) is 20.3. The van der Waals surface area contributed by atoms with Crippen LogP contribution in [0.4, 0.5) is 10.8 Å². The van der Waals surface area contributed by atoms with Crippen LogP contribution in [-0.2, 0) is 9.59 Å². The number of thioether (sulfide) groups is 1. The Morgan fingerprint density at radius 1 is 1.15 bits per heavy atom. The number of carbonyl (C=O) groups is 2.